The van der Waals surface area contributed by atoms with Crippen molar-refractivity contribution in [3.05, 3.63) is 42.0 Å². The van der Waals surface area contributed by atoms with E-state index < -0.39 is 22.0 Å². The monoisotopic (exact) mass is 324 g/mol. The van der Waals surface area contributed by atoms with E-state index in [4.69, 9.17) is 4.84 Å². The van der Waals surface area contributed by atoms with Crippen LogP contribution in [0, 0.1) is 12.8 Å². The van der Waals surface area contributed by atoms with Crippen LogP contribution in [-0.2, 0) is 19.7 Å². The molecule has 0 heterocycles. The van der Waals surface area contributed by atoms with Gasteiger partial charge in [-0.25, -0.2) is 18.2 Å². The average molecular weight is 324 g/mol. The van der Waals surface area contributed by atoms with E-state index in [0.29, 0.717) is 6.42 Å². The Kier molecular flexibility index (Phi) is 5.00. The molecule has 2 rings (SSSR count). The van der Waals surface area contributed by atoms with Gasteiger partial charge in [-0.15, -0.1) is 0 Å². The fraction of sp³-hybridized carbons (Fsp3) is 0.400. The molecule has 1 aliphatic rings. The molecule has 22 heavy (non-hydrogen) atoms. The molecule has 0 aliphatic heterocycles. The van der Waals surface area contributed by atoms with E-state index in [1.807, 2.05) is 6.92 Å². The number of aryl methyl sites for hydroxylation is 1. The Labute approximate surface area is 130 Å². The number of carbonyl (C=O) groups excluding carboxylic acids is 1. The summed E-state index contributed by atoms with van der Waals surface area (Å²) >= 11 is 0. The van der Waals surface area contributed by atoms with Crippen LogP contribution in [0.15, 0.2) is 41.3 Å². The standard InChI is InChI=1S/C15H20N2O4S/c1-11-7-9-12(10-8-11)22(19,20)16-14-6-4-5-13(14)15(18)17(2)21-3/h4,6-10,13-14,16H,5H2,1-3H3/t13-,14+/m1/s1. The molecule has 0 unspecified atom stereocenters. The topological polar surface area (TPSA) is 75.7 Å². The van der Waals surface area contributed by atoms with Gasteiger partial charge in [0.25, 0.3) is 5.91 Å². The molecule has 0 aromatic heterocycles. The maximum absolute atomic E-state index is 12.4. The smallest absolute Gasteiger partial charge is 0.251 e. The second-order valence-electron chi connectivity index (χ2n) is 5.25. The van der Waals surface area contributed by atoms with Gasteiger partial charge in [-0.05, 0) is 25.5 Å². The van der Waals surface area contributed by atoms with Crippen LogP contribution in [0.3, 0.4) is 0 Å². The van der Waals surface area contributed by atoms with Gasteiger partial charge < -0.3 is 0 Å². The first-order valence-electron chi connectivity index (χ1n) is 6.92. The predicted molar refractivity (Wildman–Crippen MR) is 82.3 cm³/mol. The minimum atomic E-state index is -3.67. The summed E-state index contributed by atoms with van der Waals surface area (Å²) in [6, 6.07) is 6.00. The normalized spacial score (nSPS) is 21.0. The zero-order valence-corrected chi connectivity index (χ0v) is 13.6. The van der Waals surface area contributed by atoms with Crippen LogP contribution in [0.2, 0.25) is 0 Å². The van der Waals surface area contributed by atoms with Crippen molar-refractivity contribution in [2.45, 2.75) is 24.3 Å². The van der Waals surface area contributed by atoms with E-state index in [2.05, 4.69) is 4.72 Å². The Bertz CT molecular complexity index is 667. The fourth-order valence-electron chi connectivity index (χ4n) is 2.32. The Balaban J connectivity index is 2.16. The van der Waals surface area contributed by atoms with Crippen molar-refractivity contribution in [2.24, 2.45) is 5.92 Å². The zero-order chi connectivity index (χ0) is 16.3. The van der Waals surface area contributed by atoms with Crippen molar-refractivity contribution in [1.82, 2.24) is 9.79 Å². The summed E-state index contributed by atoms with van der Waals surface area (Å²) in [5, 5.41) is 1.12. The van der Waals surface area contributed by atoms with Gasteiger partial charge in [-0.3, -0.25) is 9.63 Å². The Morgan fingerprint density at radius 3 is 2.55 bits per heavy atom. The van der Waals surface area contributed by atoms with Crippen LogP contribution in [0.25, 0.3) is 0 Å². The molecule has 0 spiro atoms. The lowest BCUT2D eigenvalue weighted by molar-refractivity contribution is -0.173. The molecule has 0 saturated heterocycles. The number of nitrogens with zero attached hydrogens (tertiary/aromatic N) is 1. The van der Waals surface area contributed by atoms with Gasteiger partial charge in [0.05, 0.1) is 24.0 Å². The first-order chi connectivity index (χ1) is 10.3. The Hall–Kier alpha value is -1.70. The van der Waals surface area contributed by atoms with Crippen LogP contribution < -0.4 is 4.72 Å². The Morgan fingerprint density at radius 1 is 1.32 bits per heavy atom. The lowest BCUT2D eigenvalue weighted by Crippen LogP contribution is -2.44. The van der Waals surface area contributed by atoms with Crippen LogP contribution >= 0.6 is 0 Å². The maximum atomic E-state index is 12.4. The van der Waals surface area contributed by atoms with Crippen LogP contribution in [0.4, 0.5) is 0 Å². The van der Waals surface area contributed by atoms with Crippen molar-refractivity contribution in [3.63, 3.8) is 0 Å². The highest BCUT2D eigenvalue weighted by atomic mass is 32.2. The van der Waals surface area contributed by atoms with Crippen molar-refractivity contribution < 1.29 is 18.0 Å². The molecule has 0 saturated carbocycles. The third-order valence-electron chi connectivity index (χ3n) is 3.69. The molecule has 0 radical (unpaired) electrons. The maximum Gasteiger partial charge on any atom is 0.251 e. The number of carbonyl (C=O) groups is 1. The molecule has 120 valence electrons. The van der Waals surface area contributed by atoms with E-state index in [9.17, 15) is 13.2 Å². The molecule has 7 heteroatoms. The zero-order valence-electron chi connectivity index (χ0n) is 12.8. The molecule has 2 atom stereocenters. The van der Waals surface area contributed by atoms with Crippen molar-refractivity contribution in [2.75, 3.05) is 14.2 Å². The van der Waals surface area contributed by atoms with E-state index in [-0.39, 0.29) is 10.8 Å². The SMILES string of the molecule is CON(C)C(=O)[C@@H]1CC=C[C@@H]1NS(=O)(=O)c1ccc(C)cc1. The molecule has 6 nitrogen and oxygen atoms in total. The number of hydrogen-bond donors (Lipinski definition) is 1. The van der Waals surface area contributed by atoms with Gasteiger partial charge in [-0.2, -0.15) is 0 Å². The second-order valence-corrected chi connectivity index (χ2v) is 6.96. The number of amides is 1. The number of benzene rings is 1. The highest BCUT2D eigenvalue weighted by molar-refractivity contribution is 7.89. The molecule has 0 fully saturated rings. The molecule has 1 aromatic carbocycles. The van der Waals surface area contributed by atoms with Crippen LogP contribution in [0.1, 0.15) is 12.0 Å². The minimum Gasteiger partial charge on any atom is -0.275 e. The summed E-state index contributed by atoms with van der Waals surface area (Å²) in [7, 11) is -0.771. The Morgan fingerprint density at radius 2 is 1.95 bits per heavy atom. The summed E-state index contributed by atoms with van der Waals surface area (Å²) in [6.07, 6.45) is 3.99. The highest BCUT2D eigenvalue weighted by Crippen LogP contribution is 2.23. The number of sulfonamides is 1. The van der Waals surface area contributed by atoms with Gasteiger partial charge in [0.2, 0.25) is 10.0 Å². The predicted octanol–water partition coefficient (Wildman–Crippen LogP) is 1.24. The lowest BCUT2D eigenvalue weighted by Gasteiger charge is -2.23. The number of allylic oxidation sites excluding steroid dienone is 1. The van der Waals surface area contributed by atoms with Crippen molar-refractivity contribution >= 4 is 15.9 Å². The molecule has 1 amide bonds. The average Bonchev–Trinajstić information content (AvgIpc) is 2.93. The third kappa shape index (κ3) is 3.55. The molecular formula is C15H20N2O4S. The molecule has 1 N–H and O–H groups in total. The van der Waals surface area contributed by atoms with Gasteiger partial charge in [-0.1, -0.05) is 29.8 Å². The lowest BCUT2D eigenvalue weighted by atomic mass is 10.0. The van der Waals surface area contributed by atoms with E-state index in [1.165, 1.54) is 14.2 Å². The number of nitrogens with one attached hydrogen (secondary N) is 1. The summed E-state index contributed by atoms with van der Waals surface area (Å²) < 4.78 is 27.4. The van der Waals surface area contributed by atoms with Gasteiger partial charge in [0.1, 0.15) is 0 Å². The second kappa shape index (κ2) is 6.60. The van der Waals surface area contributed by atoms with Gasteiger partial charge in [0.15, 0.2) is 0 Å². The first kappa shape index (κ1) is 16.7. The summed E-state index contributed by atoms with van der Waals surface area (Å²) in [5.74, 6) is -0.755. The third-order valence-corrected chi connectivity index (χ3v) is 5.17. The number of rotatable bonds is 5. The van der Waals surface area contributed by atoms with E-state index in [1.54, 1.807) is 36.4 Å². The van der Waals surface area contributed by atoms with Crippen molar-refractivity contribution in [3.8, 4) is 0 Å². The molecule has 1 aliphatic carbocycles. The first-order valence-corrected chi connectivity index (χ1v) is 8.41. The number of hydrogen-bond acceptors (Lipinski definition) is 4. The number of hydroxylamine groups is 2. The highest BCUT2D eigenvalue weighted by Gasteiger charge is 2.34. The van der Waals surface area contributed by atoms with Crippen LogP contribution in [0.5, 0.6) is 0 Å². The van der Waals surface area contributed by atoms with Gasteiger partial charge in [0, 0.05) is 7.05 Å². The van der Waals surface area contributed by atoms with Crippen LogP contribution in [-0.4, -0.2) is 39.6 Å². The minimum absolute atomic E-state index is 0.185. The quantitative estimate of drug-likeness (QED) is 0.653. The largest absolute Gasteiger partial charge is 0.275 e. The molecular weight excluding hydrogens is 304 g/mol. The molecule has 1 aromatic rings. The van der Waals surface area contributed by atoms with E-state index >= 15 is 0 Å². The summed E-state index contributed by atoms with van der Waals surface area (Å²) in [5.41, 5.74) is 0.981. The molecule has 0 bridgehead atoms. The van der Waals surface area contributed by atoms with E-state index in [0.717, 1.165) is 10.6 Å². The summed E-state index contributed by atoms with van der Waals surface area (Å²) in [4.78, 5) is 17.2. The summed E-state index contributed by atoms with van der Waals surface area (Å²) in [6.45, 7) is 1.89. The van der Waals surface area contributed by atoms with Crippen molar-refractivity contribution in [1.29, 1.82) is 0 Å². The van der Waals surface area contributed by atoms with Gasteiger partial charge >= 0.3 is 0 Å². The fourth-order valence-corrected chi connectivity index (χ4v) is 3.55.